The van der Waals surface area contributed by atoms with Crippen molar-refractivity contribution in [2.45, 2.75) is 19.3 Å². The molecule has 2 aromatic heterocycles. The molecular weight excluding hydrogens is 454 g/mol. The van der Waals surface area contributed by atoms with E-state index in [4.69, 9.17) is 5.73 Å². The highest BCUT2D eigenvalue weighted by Crippen LogP contribution is 2.43. The van der Waals surface area contributed by atoms with Gasteiger partial charge in [0.1, 0.15) is 17.8 Å². The lowest BCUT2D eigenvalue weighted by Gasteiger charge is -2.29. The highest BCUT2D eigenvalue weighted by atomic mass is 32.1. The van der Waals surface area contributed by atoms with E-state index in [2.05, 4.69) is 33.5 Å². The Morgan fingerprint density at radius 3 is 2.34 bits per heavy atom. The molecule has 1 atom stereocenters. The molecule has 0 radical (unpaired) electrons. The third kappa shape index (κ3) is 3.65. The Labute approximate surface area is 207 Å². The van der Waals surface area contributed by atoms with Crippen molar-refractivity contribution in [1.29, 1.82) is 15.8 Å². The van der Waals surface area contributed by atoms with Crippen LogP contribution in [-0.2, 0) is 5.41 Å². The van der Waals surface area contributed by atoms with Gasteiger partial charge in [-0.3, -0.25) is 0 Å². The van der Waals surface area contributed by atoms with Gasteiger partial charge in [0, 0.05) is 24.2 Å². The standard InChI is InChI=1S/C27H21N7S/c1-16-26(35-17(2)33-16)27(15-31,24(14-30)32-3)19-9-10-22-20(11-19)21(12-28)25(23(13-29)34-22)18-7-5-4-6-8-18/h4-11,14,32H,30H2,1-3H3/b24-14-. The highest BCUT2D eigenvalue weighted by molar-refractivity contribution is 7.12. The number of aryl methyl sites for hydroxylation is 2. The molecule has 0 spiro atoms. The molecule has 2 aromatic carbocycles. The molecule has 4 rings (SSSR count). The Balaban J connectivity index is 2.13. The average molecular weight is 476 g/mol. The number of hydrogen-bond acceptors (Lipinski definition) is 8. The second-order valence-electron chi connectivity index (χ2n) is 7.87. The number of aromatic nitrogens is 2. The number of nitriles is 3. The molecule has 0 aliphatic heterocycles. The Morgan fingerprint density at radius 1 is 1.06 bits per heavy atom. The van der Waals surface area contributed by atoms with Crippen molar-refractivity contribution in [1.82, 2.24) is 15.3 Å². The SMILES string of the molecule is CN/C(=C\N)C(C#N)(c1ccc2nc(C#N)c(-c3ccccc3)c(C#N)c2c1)c1sc(C)nc1C. The largest absolute Gasteiger partial charge is 0.403 e. The molecule has 0 aliphatic carbocycles. The van der Waals surface area contributed by atoms with Gasteiger partial charge in [0.2, 0.25) is 0 Å². The molecule has 35 heavy (non-hydrogen) atoms. The molecule has 170 valence electrons. The molecule has 2 heterocycles. The van der Waals surface area contributed by atoms with Crippen molar-refractivity contribution >= 4 is 22.2 Å². The molecule has 3 N–H and O–H groups in total. The first-order valence-electron chi connectivity index (χ1n) is 10.7. The lowest BCUT2D eigenvalue weighted by molar-refractivity contribution is 0.707. The van der Waals surface area contributed by atoms with Crippen LogP contribution in [0.3, 0.4) is 0 Å². The Bertz CT molecular complexity index is 1600. The Morgan fingerprint density at radius 2 is 1.80 bits per heavy atom. The third-order valence-electron chi connectivity index (χ3n) is 5.95. The maximum atomic E-state index is 10.6. The zero-order valence-electron chi connectivity index (χ0n) is 19.4. The third-order valence-corrected chi connectivity index (χ3v) is 7.14. The Kier molecular flexibility index (Phi) is 6.21. The molecule has 1 unspecified atom stereocenters. The van der Waals surface area contributed by atoms with Crippen molar-refractivity contribution in [2.75, 3.05) is 7.05 Å². The van der Waals surface area contributed by atoms with E-state index in [1.807, 2.05) is 44.2 Å². The number of thiazole rings is 1. The zero-order chi connectivity index (χ0) is 25.2. The molecule has 0 saturated carbocycles. The fourth-order valence-corrected chi connectivity index (χ4v) is 5.54. The Hall–Kier alpha value is -4.71. The van der Waals surface area contributed by atoms with Gasteiger partial charge in [-0.1, -0.05) is 36.4 Å². The van der Waals surface area contributed by atoms with Crippen molar-refractivity contribution in [2.24, 2.45) is 5.73 Å². The lowest BCUT2D eigenvalue weighted by Crippen LogP contribution is -2.35. The van der Waals surface area contributed by atoms with Crippen LogP contribution in [0.25, 0.3) is 22.0 Å². The van der Waals surface area contributed by atoms with Gasteiger partial charge in [-0.15, -0.1) is 11.3 Å². The second kappa shape index (κ2) is 9.27. The fourth-order valence-electron chi connectivity index (χ4n) is 4.44. The van der Waals surface area contributed by atoms with Crippen molar-refractivity contribution in [3.8, 4) is 29.3 Å². The van der Waals surface area contributed by atoms with Gasteiger partial charge in [-0.25, -0.2) is 9.97 Å². The lowest BCUT2D eigenvalue weighted by atomic mass is 9.76. The van der Waals surface area contributed by atoms with Crippen LogP contribution < -0.4 is 11.1 Å². The first-order valence-corrected chi connectivity index (χ1v) is 11.6. The maximum absolute atomic E-state index is 10.6. The van der Waals surface area contributed by atoms with Gasteiger partial charge in [0.25, 0.3) is 0 Å². The summed E-state index contributed by atoms with van der Waals surface area (Å²) >= 11 is 1.43. The molecule has 0 fully saturated rings. The number of nitrogens with zero attached hydrogens (tertiary/aromatic N) is 5. The quantitative estimate of drug-likeness (QED) is 0.432. The molecule has 7 nitrogen and oxygen atoms in total. The van der Waals surface area contributed by atoms with E-state index < -0.39 is 5.41 Å². The van der Waals surface area contributed by atoms with Crippen molar-refractivity contribution in [3.63, 3.8) is 0 Å². The van der Waals surface area contributed by atoms with Gasteiger partial charge in [0.15, 0.2) is 5.41 Å². The van der Waals surface area contributed by atoms with Crippen LogP contribution in [-0.4, -0.2) is 17.0 Å². The molecule has 0 saturated heterocycles. The summed E-state index contributed by atoms with van der Waals surface area (Å²) in [6, 6.07) is 21.5. The molecule has 0 aliphatic rings. The van der Waals surface area contributed by atoms with Crippen LogP contribution in [0.15, 0.2) is 60.4 Å². The van der Waals surface area contributed by atoms with Gasteiger partial charge in [-0.2, -0.15) is 15.8 Å². The average Bonchev–Trinajstić information content (AvgIpc) is 3.23. The summed E-state index contributed by atoms with van der Waals surface area (Å²) in [6.07, 6.45) is 1.39. The van der Waals surface area contributed by atoms with Gasteiger partial charge < -0.3 is 11.1 Å². The predicted molar refractivity (Wildman–Crippen MR) is 136 cm³/mol. The van der Waals surface area contributed by atoms with Crippen LogP contribution in [0.4, 0.5) is 0 Å². The minimum atomic E-state index is -1.28. The zero-order valence-corrected chi connectivity index (χ0v) is 20.2. The minimum absolute atomic E-state index is 0.172. The van der Waals surface area contributed by atoms with E-state index in [1.165, 1.54) is 17.5 Å². The smallest absolute Gasteiger partial charge is 0.159 e. The first-order chi connectivity index (χ1) is 16.9. The summed E-state index contributed by atoms with van der Waals surface area (Å²) in [5.74, 6) is 0. The summed E-state index contributed by atoms with van der Waals surface area (Å²) in [7, 11) is 1.71. The van der Waals surface area contributed by atoms with E-state index in [0.29, 0.717) is 33.3 Å². The second-order valence-corrected chi connectivity index (χ2v) is 9.07. The number of rotatable bonds is 5. The molecule has 0 amide bonds. The molecule has 0 bridgehead atoms. The molecule has 8 heteroatoms. The number of hydrogen-bond donors (Lipinski definition) is 2. The molecule has 4 aromatic rings. The number of benzene rings is 2. The summed E-state index contributed by atoms with van der Waals surface area (Å²) in [4.78, 5) is 9.83. The van der Waals surface area contributed by atoms with Crippen LogP contribution in [0, 0.1) is 47.8 Å². The van der Waals surface area contributed by atoms with E-state index in [-0.39, 0.29) is 5.69 Å². The van der Waals surface area contributed by atoms with Crippen molar-refractivity contribution in [3.05, 3.63) is 92.8 Å². The number of pyridine rings is 1. The van der Waals surface area contributed by atoms with Crippen LogP contribution in [0.5, 0.6) is 0 Å². The number of fused-ring (bicyclic) bond motifs is 1. The van der Waals surface area contributed by atoms with E-state index in [0.717, 1.165) is 21.1 Å². The maximum Gasteiger partial charge on any atom is 0.159 e. The van der Waals surface area contributed by atoms with Crippen LogP contribution >= 0.6 is 11.3 Å². The topological polar surface area (TPSA) is 135 Å². The van der Waals surface area contributed by atoms with Crippen molar-refractivity contribution < 1.29 is 0 Å². The summed E-state index contributed by atoms with van der Waals surface area (Å²) in [5.41, 5.74) is 8.74. The normalized spacial score (nSPS) is 12.9. The van der Waals surface area contributed by atoms with Gasteiger partial charge in [0.05, 0.1) is 38.4 Å². The minimum Gasteiger partial charge on any atom is -0.403 e. The first kappa shape index (κ1) is 23.4. The monoisotopic (exact) mass is 475 g/mol. The number of allylic oxidation sites excluding steroid dienone is 1. The van der Waals surface area contributed by atoms with Gasteiger partial charge >= 0.3 is 0 Å². The summed E-state index contributed by atoms with van der Waals surface area (Å²) in [5, 5.41) is 35.1. The predicted octanol–water partition coefficient (Wildman–Crippen LogP) is 4.55. The van der Waals surface area contributed by atoms with Gasteiger partial charge in [-0.05, 0) is 37.1 Å². The summed E-state index contributed by atoms with van der Waals surface area (Å²) < 4.78 is 0. The molecular formula is C27H21N7S. The van der Waals surface area contributed by atoms with Crippen LogP contribution in [0.1, 0.15) is 32.4 Å². The van der Waals surface area contributed by atoms with E-state index >= 15 is 0 Å². The van der Waals surface area contributed by atoms with E-state index in [9.17, 15) is 15.8 Å². The fraction of sp³-hybridized carbons (Fsp3) is 0.148. The highest BCUT2D eigenvalue weighted by Gasteiger charge is 2.42. The number of likely N-dealkylation sites (N-methyl/N-ethyl adjacent to an activating group) is 1. The number of nitrogens with one attached hydrogen (secondary N) is 1. The van der Waals surface area contributed by atoms with E-state index in [1.54, 1.807) is 25.2 Å². The summed E-state index contributed by atoms with van der Waals surface area (Å²) in [6.45, 7) is 3.76. The van der Waals surface area contributed by atoms with Crippen LogP contribution in [0.2, 0.25) is 0 Å². The number of nitrogens with two attached hydrogens (primary N) is 1.